The number of methoxy groups -OCH3 is 2. The highest BCUT2D eigenvalue weighted by molar-refractivity contribution is 7.89. The second-order valence-corrected chi connectivity index (χ2v) is 9.21. The van der Waals surface area contributed by atoms with Gasteiger partial charge in [0.05, 0.1) is 25.7 Å². The number of rotatable bonds is 10. The van der Waals surface area contributed by atoms with Gasteiger partial charge < -0.3 is 14.8 Å². The first-order chi connectivity index (χ1) is 16.2. The van der Waals surface area contributed by atoms with E-state index in [0.29, 0.717) is 12.2 Å². The molecule has 3 rings (SSSR count). The van der Waals surface area contributed by atoms with E-state index in [0.717, 1.165) is 22.0 Å². The van der Waals surface area contributed by atoms with Crippen LogP contribution in [0.2, 0.25) is 0 Å². The van der Waals surface area contributed by atoms with Gasteiger partial charge in [-0.2, -0.15) is 4.31 Å². The van der Waals surface area contributed by atoms with Gasteiger partial charge in [-0.25, -0.2) is 17.2 Å². The second-order valence-electron chi connectivity index (χ2n) is 7.27. The lowest BCUT2D eigenvalue weighted by molar-refractivity contribution is -0.116. The van der Waals surface area contributed by atoms with Crippen LogP contribution in [0, 0.1) is 11.6 Å². The van der Waals surface area contributed by atoms with Crippen LogP contribution in [-0.2, 0) is 21.2 Å². The molecule has 10 heteroatoms. The molecule has 0 spiro atoms. The number of hydrogen-bond acceptors (Lipinski definition) is 5. The molecule has 0 fully saturated rings. The Labute approximate surface area is 197 Å². The zero-order valence-electron chi connectivity index (χ0n) is 18.6. The Morgan fingerprint density at radius 2 is 1.62 bits per heavy atom. The number of anilines is 1. The van der Waals surface area contributed by atoms with E-state index >= 15 is 0 Å². The molecule has 0 radical (unpaired) electrons. The highest BCUT2D eigenvalue weighted by Gasteiger charge is 2.28. The lowest BCUT2D eigenvalue weighted by Gasteiger charge is -2.22. The molecular formula is C24H24F2N2O5S. The van der Waals surface area contributed by atoms with Crippen LogP contribution in [0.3, 0.4) is 0 Å². The number of sulfonamides is 1. The third-order valence-electron chi connectivity index (χ3n) is 5.01. The van der Waals surface area contributed by atoms with Crippen LogP contribution in [0.25, 0.3) is 0 Å². The smallest absolute Gasteiger partial charge is 0.243 e. The van der Waals surface area contributed by atoms with Gasteiger partial charge in [-0.05, 0) is 36.2 Å². The molecule has 180 valence electrons. The minimum absolute atomic E-state index is 0.00584. The number of hydrogen-bond donors (Lipinski definition) is 1. The van der Waals surface area contributed by atoms with Gasteiger partial charge in [-0.15, -0.1) is 0 Å². The lowest BCUT2D eigenvalue weighted by Crippen LogP contribution is -2.39. The molecule has 0 saturated heterocycles. The summed E-state index contributed by atoms with van der Waals surface area (Å²) in [5, 5.41) is 2.41. The minimum Gasteiger partial charge on any atom is -0.493 e. The number of benzene rings is 3. The van der Waals surface area contributed by atoms with Gasteiger partial charge in [0, 0.05) is 24.4 Å². The van der Waals surface area contributed by atoms with Crippen molar-refractivity contribution in [2.45, 2.75) is 11.3 Å². The SMILES string of the molecule is COc1ccc(S(=O)(=O)N(CCc2ccccc2)CC(=O)Nc2ccc(F)c(F)c2)cc1OC. The molecule has 0 atom stereocenters. The Morgan fingerprint density at radius 3 is 2.26 bits per heavy atom. The fourth-order valence-electron chi connectivity index (χ4n) is 3.24. The van der Waals surface area contributed by atoms with E-state index in [-0.39, 0.29) is 22.9 Å². The first-order valence-corrected chi connectivity index (χ1v) is 11.7. The van der Waals surface area contributed by atoms with Crippen LogP contribution < -0.4 is 14.8 Å². The molecule has 0 bridgehead atoms. The van der Waals surface area contributed by atoms with Crippen molar-refractivity contribution in [3.05, 3.63) is 83.9 Å². The summed E-state index contributed by atoms with van der Waals surface area (Å²) in [7, 11) is -1.31. The van der Waals surface area contributed by atoms with Crippen LogP contribution in [0.1, 0.15) is 5.56 Å². The molecule has 0 aromatic heterocycles. The standard InChI is InChI=1S/C24H24F2N2O5S/c1-32-22-11-9-19(15-23(22)33-2)34(30,31)28(13-12-17-6-4-3-5-7-17)16-24(29)27-18-8-10-20(25)21(26)14-18/h3-11,14-15H,12-13,16H2,1-2H3,(H,27,29). The van der Waals surface area contributed by atoms with E-state index in [9.17, 15) is 22.0 Å². The number of halogens is 2. The Kier molecular flexibility index (Phi) is 8.19. The van der Waals surface area contributed by atoms with E-state index in [1.165, 1.54) is 38.5 Å². The highest BCUT2D eigenvalue weighted by Crippen LogP contribution is 2.30. The van der Waals surface area contributed by atoms with Crippen molar-refractivity contribution in [3.63, 3.8) is 0 Å². The normalized spacial score (nSPS) is 11.3. The predicted molar refractivity (Wildman–Crippen MR) is 123 cm³/mol. The average molecular weight is 491 g/mol. The summed E-state index contributed by atoms with van der Waals surface area (Å²) in [5.74, 6) is -2.32. The van der Waals surface area contributed by atoms with E-state index < -0.39 is 34.1 Å². The average Bonchev–Trinajstić information content (AvgIpc) is 2.84. The van der Waals surface area contributed by atoms with Gasteiger partial charge >= 0.3 is 0 Å². The molecule has 0 aliphatic rings. The largest absolute Gasteiger partial charge is 0.493 e. The third kappa shape index (κ3) is 6.09. The van der Waals surface area contributed by atoms with Crippen molar-refractivity contribution in [1.29, 1.82) is 0 Å². The third-order valence-corrected chi connectivity index (χ3v) is 6.85. The summed E-state index contributed by atoms with van der Waals surface area (Å²) in [4.78, 5) is 12.6. The molecule has 0 heterocycles. The fourth-order valence-corrected chi connectivity index (χ4v) is 4.66. The summed E-state index contributed by atoms with van der Waals surface area (Å²) >= 11 is 0. The molecule has 34 heavy (non-hydrogen) atoms. The van der Waals surface area contributed by atoms with E-state index in [1.807, 2.05) is 30.3 Å². The summed E-state index contributed by atoms with van der Waals surface area (Å²) in [5.41, 5.74) is 0.895. The van der Waals surface area contributed by atoms with Crippen molar-refractivity contribution in [2.75, 3.05) is 32.6 Å². The van der Waals surface area contributed by atoms with Gasteiger partial charge in [0.1, 0.15) is 0 Å². The van der Waals surface area contributed by atoms with Crippen molar-refractivity contribution in [1.82, 2.24) is 4.31 Å². The van der Waals surface area contributed by atoms with Crippen LogP contribution in [0.15, 0.2) is 71.6 Å². The van der Waals surface area contributed by atoms with Gasteiger partial charge in [0.15, 0.2) is 23.1 Å². The molecule has 0 aliphatic heterocycles. The maximum absolute atomic E-state index is 13.5. The van der Waals surface area contributed by atoms with Crippen LogP contribution in [0.4, 0.5) is 14.5 Å². The summed E-state index contributed by atoms with van der Waals surface area (Å²) in [6, 6.07) is 16.2. The van der Waals surface area contributed by atoms with E-state index in [4.69, 9.17) is 9.47 Å². The van der Waals surface area contributed by atoms with Crippen LogP contribution >= 0.6 is 0 Å². The van der Waals surface area contributed by atoms with Gasteiger partial charge in [-0.3, -0.25) is 4.79 Å². The zero-order chi connectivity index (χ0) is 24.7. The Balaban J connectivity index is 1.87. The first kappa shape index (κ1) is 25.1. The summed E-state index contributed by atoms with van der Waals surface area (Å²) in [6.07, 6.45) is 0.353. The number of carbonyl (C=O) groups excluding carboxylic acids is 1. The molecule has 0 saturated carbocycles. The summed E-state index contributed by atoms with van der Waals surface area (Å²) in [6.45, 7) is -0.533. The Morgan fingerprint density at radius 1 is 0.912 bits per heavy atom. The molecule has 0 aliphatic carbocycles. The van der Waals surface area contributed by atoms with Crippen LogP contribution in [0.5, 0.6) is 11.5 Å². The monoisotopic (exact) mass is 490 g/mol. The molecule has 1 N–H and O–H groups in total. The highest BCUT2D eigenvalue weighted by atomic mass is 32.2. The number of nitrogens with one attached hydrogen (secondary N) is 1. The van der Waals surface area contributed by atoms with Gasteiger partial charge in [-0.1, -0.05) is 30.3 Å². The maximum Gasteiger partial charge on any atom is 0.243 e. The van der Waals surface area contributed by atoms with Crippen molar-refractivity contribution in [2.24, 2.45) is 0 Å². The Bertz CT molecular complexity index is 1250. The molecule has 3 aromatic rings. The molecule has 0 unspecified atom stereocenters. The second kappa shape index (κ2) is 11.1. The number of amides is 1. The number of ether oxygens (including phenoxy) is 2. The van der Waals surface area contributed by atoms with Crippen LogP contribution in [-0.4, -0.2) is 45.9 Å². The lowest BCUT2D eigenvalue weighted by atomic mass is 10.1. The zero-order valence-corrected chi connectivity index (χ0v) is 19.4. The molecule has 7 nitrogen and oxygen atoms in total. The van der Waals surface area contributed by atoms with E-state index in [1.54, 1.807) is 0 Å². The molecule has 3 aromatic carbocycles. The minimum atomic E-state index is -4.13. The predicted octanol–water partition coefficient (Wildman–Crippen LogP) is 3.85. The van der Waals surface area contributed by atoms with Crippen molar-refractivity contribution < 1.29 is 31.5 Å². The molecular weight excluding hydrogens is 466 g/mol. The van der Waals surface area contributed by atoms with Gasteiger partial charge in [0.25, 0.3) is 0 Å². The van der Waals surface area contributed by atoms with E-state index in [2.05, 4.69) is 5.32 Å². The Hall–Kier alpha value is -3.50. The summed E-state index contributed by atoms with van der Waals surface area (Å²) < 4.78 is 65.0. The number of carbonyl (C=O) groups is 1. The fraction of sp³-hybridized carbons (Fsp3) is 0.208. The maximum atomic E-state index is 13.5. The number of nitrogens with zero attached hydrogens (tertiary/aromatic N) is 1. The quantitative estimate of drug-likeness (QED) is 0.467. The topological polar surface area (TPSA) is 84.9 Å². The first-order valence-electron chi connectivity index (χ1n) is 10.3. The molecule has 1 amide bonds. The van der Waals surface area contributed by atoms with Gasteiger partial charge in [0.2, 0.25) is 15.9 Å². The van der Waals surface area contributed by atoms with Crippen molar-refractivity contribution in [3.8, 4) is 11.5 Å². The van der Waals surface area contributed by atoms with Crippen molar-refractivity contribution >= 4 is 21.6 Å².